The van der Waals surface area contributed by atoms with Crippen molar-refractivity contribution < 1.29 is 9.90 Å². The molecule has 78 valence electrons. The lowest BCUT2D eigenvalue weighted by Gasteiger charge is -2.66. The van der Waals surface area contributed by atoms with Gasteiger partial charge in [0.05, 0.1) is 12.6 Å². The average molecular weight is 195 g/mol. The molecule has 3 nitrogen and oxygen atoms in total. The molecule has 1 saturated carbocycles. The van der Waals surface area contributed by atoms with Crippen LogP contribution < -0.4 is 0 Å². The van der Waals surface area contributed by atoms with Crippen LogP contribution in [-0.2, 0) is 4.79 Å². The number of hydrogen-bond acceptors (Lipinski definition) is 3. The average Bonchev–Trinajstić information content (AvgIpc) is 2.10. The molecule has 0 radical (unpaired) electrons. The molecule has 0 aromatic rings. The third kappa shape index (κ3) is 0.971. The highest BCUT2D eigenvalue weighted by atomic mass is 16.3. The Morgan fingerprint density at radius 2 is 2.21 bits per heavy atom. The van der Waals surface area contributed by atoms with E-state index in [4.69, 9.17) is 0 Å². The van der Waals surface area contributed by atoms with Gasteiger partial charge >= 0.3 is 0 Å². The van der Waals surface area contributed by atoms with E-state index in [9.17, 15) is 9.90 Å². The third-order valence-corrected chi connectivity index (χ3v) is 4.39. The summed E-state index contributed by atoms with van der Waals surface area (Å²) in [6.45, 7) is 2.67. The van der Waals surface area contributed by atoms with Crippen LogP contribution in [0.25, 0.3) is 0 Å². The van der Waals surface area contributed by atoms with Crippen molar-refractivity contribution in [2.24, 2.45) is 5.92 Å². The molecule has 1 aliphatic carbocycles. The summed E-state index contributed by atoms with van der Waals surface area (Å²) < 4.78 is 0. The van der Waals surface area contributed by atoms with Gasteiger partial charge in [0.15, 0.2) is 0 Å². The van der Waals surface area contributed by atoms with Crippen LogP contribution in [0.4, 0.5) is 0 Å². The van der Waals surface area contributed by atoms with Crippen molar-refractivity contribution in [3.8, 4) is 0 Å². The largest absolute Gasteiger partial charge is 0.393 e. The van der Waals surface area contributed by atoms with Crippen molar-refractivity contribution in [3.63, 3.8) is 0 Å². The summed E-state index contributed by atoms with van der Waals surface area (Å²) in [5, 5.41) is 9.68. The van der Waals surface area contributed by atoms with E-state index >= 15 is 0 Å². The van der Waals surface area contributed by atoms with Crippen molar-refractivity contribution in [2.45, 2.75) is 50.3 Å². The fourth-order valence-corrected chi connectivity index (χ4v) is 3.78. The zero-order chi connectivity index (χ0) is 9.92. The second kappa shape index (κ2) is 2.58. The van der Waals surface area contributed by atoms with Crippen LogP contribution in [0.5, 0.6) is 0 Å². The molecule has 0 amide bonds. The maximum atomic E-state index is 11.6. The standard InChI is InChI=1S/C11H17NO2/c1-7-3-11-4-8(2-9(13)5-11)12(11)6-10(7)14/h7-9,13H,2-6H2,1H3. The summed E-state index contributed by atoms with van der Waals surface area (Å²) in [6, 6.07) is 0.496. The summed E-state index contributed by atoms with van der Waals surface area (Å²) in [7, 11) is 0. The maximum absolute atomic E-state index is 11.6. The van der Waals surface area contributed by atoms with Crippen LogP contribution in [0.2, 0.25) is 0 Å². The monoisotopic (exact) mass is 195 g/mol. The van der Waals surface area contributed by atoms with Crippen LogP contribution in [0.15, 0.2) is 0 Å². The second-order valence-corrected chi connectivity index (χ2v) is 5.38. The lowest BCUT2D eigenvalue weighted by atomic mass is 9.61. The maximum Gasteiger partial charge on any atom is 0.149 e. The van der Waals surface area contributed by atoms with Crippen molar-refractivity contribution >= 4 is 5.78 Å². The van der Waals surface area contributed by atoms with Crippen LogP contribution in [0, 0.1) is 5.92 Å². The first-order chi connectivity index (χ1) is 6.61. The van der Waals surface area contributed by atoms with Gasteiger partial charge in [0, 0.05) is 17.5 Å². The molecule has 0 aromatic carbocycles. The zero-order valence-corrected chi connectivity index (χ0v) is 8.57. The lowest BCUT2D eigenvalue weighted by molar-refractivity contribution is -0.182. The van der Waals surface area contributed by atoms with Gasteiger partial charge in [0.1, 0.15) is 5.78 Å². The molecule has 2 heterocycles. The van der Waals surface area contributed by atoms with Crippen molar-refractivity contribution in [3.05, 3.63) is 0 Å². The Hall–Kier alpha value is -0.410. The van der Waals surface area contributed by atoms with Gasteiger partial charge in [0.2, 0.25) is 0 Å². The van der Waals surface area contributed by atoms with Crippen molar-refractivity contribution in [1.29, 1.82) is 0 Å². The van der Waals surface area contributed by atoms with Crippen LogP contribution in [0.1, 0.15) is 32.6 Å². The van der Waals surface area contributed by atoms with Gasteiger partial charge in [-0.15, -0.1) is 0 Å². The molecule has 14 heavy (non-hydrogen) atoms. The smallest absolute Gasteiger partial charge is 0.149 e. The molecule has 3 aliphatic rings. The summed E-state index contributed by atoms with van der Waals surface area (Å²) in [5.41, 5.74) is 0.204. The predicted octanol–water partition coefficient (Wildman–Crippen LogP) is 0.563. The Balaban J connectivity index is 1.86. The molecular formula is C11H17NO2. The summed E-state index contributed by atoms with van der Waals surface area (Å²) in [4.78, 5) is 13.9. The first-order valence-electron chi connectivity index (χ1n) is 5.58. The highest BCUT2D eigenvalue weighted by molar-refractivity contribution is 5.84. The molecule has 4 unspecified atom stereocenters. The van der Waals surface area contributed by atoms with Crippen LogP contribution >= 0.6 is 0 Å². The van der Waals surface area contributed by atoms with E-state index in [1.54, 1.807) is 0 Å². The van der Waals surface area contributed by atoms with E-state index in [1.165, 1.54) is 6.42 Å². The summed E-state index contributed by atoms with van der Waals surface area (Å²) >= 11 is 0. The molecule has 2 aliphatic heterocycles. The Morgan fingerprint density at radius 3 is 3.00 bits per heavy atom. The molecule has 3 rings (SSSR count). The lowest BCUT2D eigenvalue weighted by Crippen LogP contribution is -2.74. The fraction of sp³-hybridized carbons (Fsp3) is 0.909. The molecular weight excluding hydrogens is 178 g/mol. The molecule has 3 heteroatoms. The van der Waals surface area contributed by atoms with Gasteiger partial charge in [0.25, 0.3) is 0 Å². The molecule has 3 fully saturated rings. The van der Waals surface area contributed by atoms with Gasteiger partial charge < -0.3 is 5.11 Å². The molecule has 4 atom stereocenters. The van der Waals surface area contributed by atoms with Crippen molar-refractivity contribution in [2.75, 3.05) is 6.54 Å². The van der Waals surface area contributed by atoms with Crippen LogP contribution in [-0.4, -0.2) is 40.0 Å². The fourth-order valence-electron chi connectivity index (χ4n) is 3.78. The molecule has 1 N–H and O–H groups in total. The summed E-state index contributed by atoms with van der Waals surface area (Å²) in [5.74, 6) is 0.596. The number of rotatable bonds is 0. The second-order valence-electron chi connectivity index (χ2n) is 5.38. The van der Waals surface area contributed by atoms with Gasteiger partial charge in [-0.3, -0.25) is 9.69 Å². The first kappa shape index (κ1) is 8.86. The number of carbonyl (C=O) groups excluding carboxylic acids is 1. The number of fused-ring (bicyclic) bond motifs is 2. The van der Waals surface area contributed by atoms with E-state index in [-0.39, 0.29) is 17.6 Å². The minimum absolute atomic E-state index is 0.120. The Bertz CT molecular complexity index is 291. The highest BCUT2D eigenvalue weighted by Gasteiger charge is 2.59. The van der Waals surface area contributed by atoms with E-state index in [1.807, 2.05) is 6.92 Å². The van der Waals surface area contributed by atoms with Gasteiger partial charge in [-0.1, -0.05) is 6.92 Å². The topological polar surface area (TPSA) is 40.5 Å². The number of nitrogens with zero attached hydrogens (tertiary/aromatic N) is 1. The first-order valence-corrected chi connectivity index (χ1v) is 5.58. The highest BCUT2D eigenvalue weighted by Crippen LogP contribution is 2.52. The Labute approximate surface area is 84.1 Å². The number of aliphatic hydroxyl groups excluding tert-OH is 1. The number of ketones is 1. The molecule has 1 spiro atoms. The summed E-state index contributed by atoms with van der Waals surface area (Å²) in [6.07, 6.45) is 3.83. The van der Waals surface area contributed by atoms with E-state index in [0.29, 0.717) is 18.4 Å². The minimum Gasteiger partial charge on any atom is -0.393 e. The number of aliphatic hydroxyl groups is 1. The molecule has 2 bridgehead atoms. The minimum atomic E-state index is -0.120. The quantitative estimate of drug-likeness (QED) is 0.614. The van der Waals surface area contributed by atoms with Gasteiger partial charge in [-0.05, 0) is 25.7 Å². The Kier molecular flexibility index (Phi) is 1.63. The van der Waals surface area contributed by atoms with Crippen LogP contribution in [0.3, 0.4) is 0 Å². The normalized spacial score (nSPS) is 52.4. The Morgan fingerprint density at radius 1 is 1.43 bits per heavy atom. The van der Waals surface area contributed by atoms with E-state index in [2.05, 4.69) is 4.90 Å². The predicted molar refractivity (Wildman–Crippen MR) is 51.9 cm³/mol. The number of carbonyl (C=O) groups is 1. The van der Waals surface area contributed by atoms with Crippen molar-refractivity contribution in [1.82, 2.24) is 4.90 Å². The zero-order valence-electron chi connectivity index (χ0n) is 8.57. The number of hydrogen-bond donors (Lipinski definition) is 1. The van der Waals surface area contributed by atoms with Gasteiger partial charge in [-0.25, -0.2) is 0 Å². The van der Waals surface area contributed by atoms with E-state index in [0.717, 1.165) is 19.3 Å². The number of Topliss-reactive ketones (excluding diaryl/α,β-unsaturated/α-hetero) is 1. The molecule has 0 aromatic heterocycles. The third-order valence-electron chi connectivity index (χ3n) is 4.39. The SMILES string of the molecule is CC1CC23CC(O)CC(C2)N3CC1=O. The van der Waals surface area contributed by atoms with E-state index < -0.39 is 0 Å². The van der Waals surface area contributed by atoms with Gasteiger partial charge in [-0.2, -0.15) is 0 Å². The number of piperidine rings is 2. The molecule has 2 saturated heterocycles.